The van der Waals surface area contributed by atoms with Crippen LogP contribution in [0, 0.1) is 5.92 Å². The van der Waals surface area contributed by atoms with Crippen LogP contribution in [0.25, 0.3) is 0 Å². The molecule has 1 heterocycles. The molecule has 0 radical (unpaired) electrons. The van der Waals surface area contributed by atoms with Gasteiger partial charge in [0.15, 0.2) is 23.7 Å². The highest BCUT2D eigenvalue weighted by atomic mass is 16.6. The first-order chi connectivity index (χ1) is 18.0. The van der Waals surface area contributed by atoms with E-state index in [1.165, 1.54) is 7.11 Å². The summed E-state index contributed by atoms with van der Waals surface area (Å²) in [5.74, 6) is -4.61. The molecule has 38 heavy (non-hydrogen) atoms. The third kappa shape index (κ3) is 3.81. The van der Waals surface area contributed by atoms with Gasteiger partial charge < -0.3 is 39.4 Å². The maximum Gasteiger partial charge on any atom is 0.345 e. The molecule has 12 nitrogen and oxygen atoms in total. The second-order valence-corrected chi connectivity index (χ2v) is 10.2. The average molecular weight is 532 g/mol. The number of hydrogen-bond donors (Lipinski definition) is 4. The summed E-state index contributed by atoms with van der Waals surface area (Å²) in [6.07, 6.45) is -2.07. The number of carboxylic acids is 2. The zero-order valence-corrected chi connectivity index (χ0v) is 20.5. The Hall–Kier alpha value is -3.64. The van der Waals surface area contributed by atoms with Crippen LogP contribution in [0.15, 0.2) is 24.0 Å². The van der Waals surface area contributed by atoms with E-state index in [-0.39, 0.29) is 18.1 Å². The van der Waals surface area contributed by atoms with Crippen molar-refractivity contribution in [2.45, 2.75) is 74.3 Å². The Kier molecular flexibility index (Phi) is 6.35. The average Bonchev–Trinajstić information content (AvgIpc) is 3.19. The van der Waals surface area contributed by atoms with Crippen LogP contribution in [-0.2, 0) is 40.5 Å². The predicted molar refractivity (Wildman–Crippen MR) is 124 cm³/mol. The molecule has 1 saturated carbocycles. The number of benzene rings is 1. The van der Waals surface area contributed by atoms with Gasteiger partial charge in [-0.05, 0) is 49.3 Å². The molecule has 1 spiro atoms. The lowest BCUT2D eigenvalue weighted by molar-refractivity contribution is -0.172. The Morgan fingerprint density at radius 1 is 1.18 bits per heavy atom. The molecule has 0 unspecified atom stereocenters. The summed E-state index contributed by atoms with van der Waals surface area (Å²) in [6, 6.07) is 3.78. The van der Waals surface area contributed by atoms with E-state index in [2.05, 4.69) is 4.74 Å². The number of esters is 2. The van der Waals surface area contributed by atoms with Crippen LogP contribution in [0.3, 0.4) is 0 Å². The lowest BCUT2D eigenvalue weighted by atomic mass is 9.47. The van der Waals surface area contributed by atoms with E-state index < -0.39 is 66.0 Å². The molecule has 12 heteroatoms. The largest absolute Gasteiger partial charge is 0.493 e. The minimum Gasteiger partial charge on any atom is -0.493 e. The van der Waals surface area contributed by atoms with E-state index in [4.69, 9.17) is 24.4 Å². The van der Waals surface area contributed by atoms with Crippen molar-refractivity contribution in [1.29, 1.82) is 0 Å². The molecule has 204 valence electrons. The maximum atomic E-state index is 12.8. The first-order valence-corrected chi connectivity index (χ1v) is 12.3. The molecule has 4 aliphatic rings. The Morgan fingerprint density at radius 2 is 1.95 bits per heavy atom. The Labute approximate surface area is 216 Å². The van der Waals surface area contributed by atoms with E-state index in [1.807, 2.05) is 12.1 Å². The molecule has 0 amide bonds. The van der Waals surface area contributed by atoms with Crippen LogP contribution in [0.4, 0.5) is 0 Å². The summed E-state index contributed by atoms with van der Waals surface area (Å²) in [6.45, 7) is 0. The summed E-state index contributed by atoms with van der Waals surface area (Å²) in [4.78, 5) is 46.8. The summed E-state index contributed by atoms with van der Waals surface area (Å²) in [5, 5.41) is 40.1. The highest BCUT2D eigenvalue weighted by Gasteiger charge is 2.71. The number of aliphatic hydroxyl groups is 2. The van der Waals surface area contributed by atoms with Crippen molar-refractivity contribution in [3.8, 4) is 11.5 Å². The molecule has 1 aromatic carbocycles. The van der Waals surface area contributed by atoms with Crippen LogP contribution < -0.4 is 9.47 Å². The molecule has 5 rings (SSSR count). The molecule has 3 aliphatic carbocycles. The number of ether oxygens (including phenoxy) is 4. The number of aliphatic hydroxyl groups excluding tert-OH is 1. The van der Waals surface area contributed by atoms with Gasteiger partial charge in [-0.15, -0.1) is 0 Å². The summed E-state index contributed by atoms with van der Waals surface area (Å²) < 4.78 is 22.0. The monoisotopic (exact) mass is 532 g/mol. The fourth-order valence-corrected chi connectivity index (χ4v) is 6.65. The van der Waals surface area contributed by atoms with Crippen molar-refractivity contribution in [2.24, 2.45) is 5.92 Å². The van der Waals surface area contributed by atoms with Gasteiger partial charge in [0.25, 0.3) is 0 Å². The maximum absolute atomic E-state index is 12.8. The van der Waals surface area contributed by atoms with Gasteiger partial charge in [-0.1, -0.05) is 12.5 Å². The molecular weight excluding hydrogens is 504 g/mol. The van der Waals surface area contributed by atoms with Crippen molar-refractivity contribution in [2.75, 3.05) is 7.11 Å². The van der Waals surface area contributed by atoms with Crippen LogP contribution >= 0.6 is 0 Å². The zero-order valence-electron chi connectivity index (χ0n) is 20.5. The fourth-order valence-electron chi connectivity index (χ4n) is 6.65. The Balaban J connectivity index is 1.36. The van der Waals surface area contributed by atoms with Crippen molar-refractivity contribution in [3.05, 3.63) is 35.1 Å². The van der Waals surface area contributed by atoms with Gasteiger partial charge in [0.1, 0.15) is 5.76 Å². The Morgan fingerprint density at radius 3 is 2.63 bits per heavy atom. The number of rotatable bonds is 9. The SMILES string of the molecule is COc1ccc2c3c1O[C@@H]1C(OC(=O)[C@@H](O)CC(=O)O[C@H](CC(=O)O)C(=O)O)=CC[C@]4(O)[C@@H](CCC[C@@]314)C2. The normalized spacial score (nSPS) is 29.6. The van der Waals surface area contributed by atoms with Crippen molar-refractivity contribution in [3.63, 3.8) is 0 Å². The van der Waals surface area contributed by atoms with Gasteiger partial charge in [-0.25, -0.2) is 9.59 Å². The minimum atomic E-state index is -2.01. The van der Waals surface area contributed by atoms with Crippen LogP contribution in [0.2, 0.25) is 0 Å². The molecule has 4 N–H and O–H groups in total. The first kappa shape index (κ1) is 26.0. The zero-order chi connectivity index (χ0) is 27.4. The van der Waals surface area contributed by atoms with Gasteiger partial charge in [-0.2, -0.15) is 0 Å². The number of methoxy groups -OCH3 is 1. The highest BCUT2D eigenvalue weighted by Crippen LogP contribution is 2.67. The lowest BCUT2D eigenvalue weighted by Crippen LogP contribution is -2.67. The lowest BCUT2D eigenvalue weighted by Gasteiger charge is -2.59. The molecular formula is C26H28O12. The molecule has 1 fully saturated rings. The second-order valence-electron chi connectivity index (χ2n) is 10.2. The van der Waals surface area contributed by atoms with Gasteiger partial charge in [0.05, 0.1) is 31.0 Å². The first-order valence-electron chi connectivity index (χ1n) is 12.3. The number of hydrogen-bond acceptors (Lipinski definition) is 10. The molecule has 1 aliphatic heterocycles. The molecule has 0 aromatic heterocycles. The standard InChI is InChI=1S/C26H28O12/c1-35-15-5-4-12-9-13-3-2-7-25-20(12)21(15)38-22(25)16(6-8-26(13,25)34)37-24(33)14(27)10-19(30)36-17(23(31)32)11-18(28)29/h4-6,13-14,17,22,27,34H,2-3,7-11H2,1H3,(H,28,29)(H,31,32)/t13-,14-,17+,22+,25+,26-/m0/s1. The van der Waals surface area contributed by atoms with Crippen molar-refractivity contribution >= 4 is 23.9 Å². The van der Waals surface area contributed by atoms with Gasteiger partial charge in [0.2, 0.25) is 6.10 Å². The summed E-state index contributed by atoms with van der Waals surface area (Å²) in [5.41, 5.74) is -0.117. The number of carbonyl (C=O) groups excluding carboxylic acids is 2. The van der Waals surface area contributed by atoms with Gasteiger partial charge in [0, 0.05) is 5.56 Å². The van der Waals surface area contributed by atoms with Crippen molar-refractivity contribution in [1.82, 2.24) is 0 Å². The number of carbonyl (C=O) groups is 4. The topological polar surface area (TPSA) is 186 Å². The van der Waals surface area contributed by atoms with Gasteiger partial charge >= 0.3 is 23.9 Å². The van der Waals surface area contributed by atoms with E-state index in [1.54, 1.807) is 6.08 Å². The van der Waals surface area contributed by atoms with Crippen molar-refractivity contribution < 1.29 is 58.6 Å². The van der Waals surface area contributed by atoms with E-state index >= 15 is 0 Å². The van der Waals surface area contributed by atoms with Crippen LogP contribution in [0.1, 0.15) is 49.7 Å². The Bertz CT molecular complexity index is 1240. The van der Waals surface area contributed by atoms with E-state index in [0.29, 0.717) is 24.3 Å². The predicted octanol–water partition coefficient (Wildman–Crippen LogP) is 0.834. The fraction of sp³-hybridized carbons (Fsp3) is 0.538. The molecule has 0 saturated heterocycles. The number of carboxylic acid groups (broad SMARTS) is 2. The molecule has 1 aromatic rings. The van der Waals surface area contributed by atoms with Gasteiger partial charge in [-0.3, -0.25) is 9.59 Å². The summed E-state index contributed by atoms with van der Waals surface area (Å²) >= 11 is 0. The van der Waals surface area contributed by atoms with E-state index in [9.17, 15) is 29.4 Å². The highest BCUT2D eigenvalue weighted by molar-refractivity contribution is 5.85. The quantitative estimate of drug-likeness (QED) is 0.329. The minimum absolute atomic E-state index is 0.0176. The van der Waals surface area contributed by atoms with Crippen LogP contribution in [0.5, 0.6) is 11.5 Å². The smallest absolute Gasteiger partial charge is 0.345 e. The second kappa shape index (κ2) is 9.28. The van der Waals surface area contributed by atoms with E-state index in [0.717, 1.165) is 24.0 Å². The number of aliphatic carboxylic acids is 2. The van der Waals surface area contributed by atoms with Crippen LogP contribution in [-0.4, -0.2) is 75.3 Å². The molecule has 2 bridgehead atoms. The molecule has 6 atom stereocenters. The third-order valence-electron chi connectivity index (χ3n) is 8.23. The summed E-state index contributed by atoms with van der Waals surface area (Å²) in [7, 11) is 1.51. The third-order valence-corrected chi connectivity index (χ3v) is 8.23.